The Bertz CT molecular complexity index is 671. The molecular formula is C16H13Cl3O2. The summed E-state index contributed by atoms with van der Waals surface area (Å²) in [5.41, 5.74) is 3.03. The monoisotopic (exact) mass is 342 g/mol. The minimum Gasteiger partial charge on any atom is -0.493 e. The number of rotatable bonds is 4. The van der Waals surface area contributed by atoms with E-state index >= 15 is 0 Å². The van der Waals surface area contributed by atoms with Gasteiger partial charge in [-0.15, -0.1) is 11.6 Å². The van der Waals surface area contributed by atoms with Crippen LogP contribution in [0.15, 0.2) is 30.3 Å². The van der Waals surface area contributed by atoms with Crippen molar-refractivity contribution in [1.82, 2.24) is 0 Å². The molecule has 1 aliphatic heterocycles. The van der Waals surface area contributed by atoms with Crippen molar-refractivity contribution in [2.24, 2.45) is 0 Å². The molecule has 2 aromatic rings. The van der Waals surface area contributed by atoms with Crippen molar-refractivity contribution in [1.29, 1.82) is 0 Å². The van der Waals surface area contributed by atoms with Gasteiger partial charge < -0.3 is 9.47 Å². The summed E-state index contributed by atoms with van der Waals surface area (Å²) >= 11 is 18.1. The molecule has 0 N–H and O–H groups in total. The number of hydrogen-bond acceptors (Lipinski definition) is 2. The van der Waals surface area contributed by atoms with E-state index in [-0.39, 0.29) is 0 Å². The largest absolute Gasteiger partial charge is 0.493 e. The van der Waals surface area contributed by atoms with Crippen molar-refractivity contribution in [2.75, 3.05) is 6.61 Å². The molecule has 1 aliphatic rings. The van der Waals surface area contributed by atoms with E-state index in [2.05, 4.69) is 0 Å². The summed E-state index contributed by atoms with van der Waals surface area (Å²) in [6, 6.07) is 9.34. The van der Waals surface area contributed by atoms with Crippen molar-refractivity contribution >= 4 is 34.8 Å². The van der Waals surface area contributed by atoms with Gasteiger partial charge in [-0.05, 0) is 35.4 Å². The second kappa shape index (κ2) is 6.35. The van der Waals surface area contributed by atoms with Crippen LogP contribution in [-0.2, 0) is 18.9 Å². The van der Waals surface area contributed by atoms with E-state index in [4.69, 9.17) is 44.3 Å². The van der Waals surface area contributed by atoms with E-state index in [1.165, 1.54) is 0 Å². The van der Waals surface area contributed by atoms with Gasteiger partial charge in [0.2, 0.25) is 0 Å². The molecule has 0 fully saturated rings. The zero-order valence-electron chi connectivity index (χ0n) is 11.2. The van der Waals surface area contributed by atoms with Crippen molar-refractivity contribution in [2.45, 2.75) is 18.9 Å². The molecule has 0 bridgehead atoms. The summed E-state index contributed by atoms with van der Waals surface area (Å²) in [5, 5.41) is 1.24. The average Bonchev–Trinajstić information content (AvgIpc) is 2.93. The fraction of sp³-hybridized carbons (Fsp3) is 0.250. The molecule has 3 rings (SSSR count). The van der Waals surface area contributed by atoms with Crippen LogP contribution >= 0.6 is 34.8 Å². The molecule has 0 amide bonds. The normalized spacial score (nSPS) is 12.9. The van der Waals surface area contributed by atoms with Crippen LogP contribution < -0.4 is 9.47 Å². The van der Waals surface area contributed by atoms with Crippen LogP contribution in [0.3, 0.4) is 0 Å². The standard InChI is InChI=1S/C16H13Cl3O2/c17-8-10-1-2-15(14(19)5-10)21-9-12-7-13(18)6-11-3-4-20-16(11)12/h1-2,5-7H,3-4,8-9H2. The first kappa shape index (κ1) is 14.8. The number of ether oxygens (including phenoxy) is 2. The third-order valence-corrected chi connectivity index (χ3v) is 4.18. The predicted octanol–water partition coefficient (Wildman–Crippen LogP) is 5.25. The number of fused-ring (bicyclic) bond motifs is 1. The molecule has 0 saturated carbocycles. The molecular weight excluding hydrogens is 331 g/mol. The van der Waals surface area contributed by atoms with Crippen molar-refractivity contribution in [3.63, 3.8) is 0 Å². The quantitative estimate of drug-likeness (QED) is 0.706. The molecule has 21 heavy (non-hydrogen) atoms. The molecule has 0 unspecified atom stereocenters. The second-order valence-electron chi connectivity index (χ2n) is 4.84. The Hall–Kier alpha value is -1.09. The van der Waals surface area contributed by atoms with Crippen LogP contribution in [0.2, 0.25) is 10.0 Å². The van der Waals surface area contributed by atoms with Crippen molar-refractivity contribution in [3.05, 3.63) is 57.1 Å². The molecule has 0 radical (unpaired) electrons. The lowest BCUT2D eigenvalue weighted by atomic mass is 10.1. The molecule has 0 atom stereocenters. The van der Waals surface area contributed by atoms with E-state index in [1.54, 1.807) is 0 Å². The topological polar surface area (TPSA) is 18.5 Å². The van der Waals surface area contributed by atoms with Crippen LogP contribution in [0.1, 0.15) is 16.7 Å². The Kier molecular flexibility index (Phi) is 4.48. The molecule has 5 heteroatoms. The van der Waals surface area contributed by atoms with Gasteiger partial charge in [0.05, 0.1) is 11.6 Å². The van der Waals surface area contributed by atoms with E-state index in [0.29, 0.717) is 34.9 Å². The van der Waals surface area contributed by atoms with Crippen LogP contribution in [0.5, 0.6) is 11.5 Å². The third kappa shape index (κ3) is 3.23. The van der Waals surface area contributed by atoms with Crippen LogP contribution in [0.25, 0.3) is 0 Å². The molecule has 2 aromatic carbocycles. The average molecular weight is 344 g/mol. The summed E-state index contributed by atoms with van der Waals surface area (Å²) < 4.78 is 11.4. The highest BCUT2D eigenvalue weighted by molar-refractivity contribution is 6.32. The Labute approximate surface area is 138 Å². The molecule has 0 aromatic heterocycles. The minimum atomic E-state index is 0.364. The van der Waals surface area contributed by atoms with E-state index in [9.17, 15) is 0 Å². The van der Waals surface area contributed by atoms with Gasteiger partial charge in [0.15, 0.2) is 0 Å². The lowest BCUT2D eigenvalue weighted by molar-refractivity contribution is 0.292. The summed E-state index contributed by atoms with van der Waals surface area (Å²) in [7, 11) is 0. The second-order valence-corrected chi connectivity index (χ2v) is 5.95. The maximum atomic E-state index is 6.18. The number of alkyl halides is 1. The summed E-state index contributed by atoms with van der Waals surface area (Å²) in [6.45, 7) is 1.05. The van der Waals surface area contributed by atoms with Crippen LogP contribution in [0.4, 0.5) is 0 Å². The highest BCUT2D eigenvalue weighted by Gasteiger charge is 2.18. The van der Waals surface area contributed by atoms with Crippen molar-refractivity contribution in [3.8, 4) is 11.5 Å². The van der Waals surface area contributed by atoms with Gasteiger partial charge in [-0.1, -0.05) is 29.3 Å². The number of halogens is 3. The molecule has 2 nitrogen and oxygen atoms in total. The van der Waals surface area contributed by atoms with Crippen LogP contribution in [0, 0.1) is 0 Å². The first-order valence-electron chi connectivity index (χ1n) is 6.58. The molecule has 1 heterocycles. The minimum absolute atomic E-state index is 0.364. The highest BCUT2D eigenvalue weighted by atomic mass is 35.5. The van der Waals surface area contributed by atoms with Gasteiger partial charge in [0.25, 0.3) is 0 Å². The fourth-order valence-electron chi connectivity index (χ4n) is 2.35. The van der Waals surface area contributed by atoms with E-state index in [0.717, 1.165) is 28.9 Å². The SMILES string of the molecule is ClCc1ccc(OCc2cc(Cl)cc3c2OCC3)c(Cl)c1. The van der Waals surface area contributed by atoms with E-state index < -0.39 is 0 Å². The van der Waals surface area contributed by atoms with Gasteiger partial charge in [-0.3, -0.25) is 0 Å². The fourth-order valence-corrected chi connectivity index (χ4v) is 3.04. The van der Waals surface area contributed by atoms with Gasteiger partial charge >= 0.3 is 0 Å². The number of benzene rings is 2. The van der Waals surface area contributed by atoms with Crippen molar-refractivity contribution < 1.29 is 9.47 Å². The maximum absolute atomic E-state index is 6.18. The Morgan fingerprint density at radius 3 is 2.76 bits per heavy atom. The van der Waals surface area contributed by atoms with Gasteiger partial charge in [-0.2, -0.15) is 0 Å². The smallest absolute Gasteiger partial charge is 0.138 e. The Morgan fingerprint density at radius 1 is 1.14 bits per heavy atom. The van der Waals surface area contributed by atoms with Gasteiger partial charge in [-0.25, -0.2) is 0 Å². The van der Waals surface area contributed by atoms with Gasteiger partial charge in [0, 0.05) is 22.9 Å². The van der Waals surface area contributed by atoms with Gasteiger partial charge in [0.1, 0.15) is 18.1 Å². The zero-order valence-corrected chi connectivity index (χ0v) is 13.4. The summed E-state index contributed by atoms with van der Waals surface area (Å²) in [5.74, 6) is 1.93. The molecule has 0 spiro atoms. The maximum Gasteiger partial charge on any atom is 0.138 e. The first-order valence-corrected chi connectivity index (χ1v) is 7.87. The molecule has 0 aliphatic carbocycles. The predicted molar refractivity (Wildman–Crippen MR) is 86.0 cm³/mol. The Balaban J connectivity index is 1.79. The lowest BCUT2D eigenvalue weighted by Crippen LogP contribution is -1.99. The summed E-state index contributed by atoms with van der Waals surface area (Å²) in [6.07, 6.45) is 0.883. The molecule has 0 saturated heterocycles. The zero-order chi connectivity index (χ0) is 14.8. The third-order valence-electron chi connectivity index (χ3n) is 3.36. The lowest BCUT2D eigenvalue weighted by Gasteiger charge is -2.12. The van der Waals surface area contributed by atoms with Crippen LogP contribution in [-0.4, -0.2) is 6.61 Å². The summed E-state index contributed by atoms with van der Waals surface area (Å²) in [4.78, 5) is 0. The first-order chi connectivity index (χ1) is 10.2. The highest BCUT2D eigenvalue weighted by Crippen LogP contribution is 2.34. The van der Waals surface area contributed by atoms with E-state index in [1.807, 2.05) is 30.3 Å². The molecule has 110 valence electrons. The number of hydrogen-bond donors (Lipinski definition) is 0. The Morgan fingerprint density at radius 2 is 2.00 bits per heavy atom.